The zero-order valence-corrected chi connectivity index (χ0v) is 21.5. The Morgan fingerprint density at radius 3 is 2.20 bits per heavy atom. The number of aromatic nitrogens is 1. The molecule has 1 aromatic carbocycles. The third-order valence-electron chi connectivity index (χ3n) is 5.12. The lowest BCUT2D eigenvalue weighted by Crippen LogP contribution is -2.47. The summed E-state index contributed by atoms with van der Waals surface area (Å²) in [6, 6.07) is 8.07. The Hall–Kier alpha value is -3.62. The molecule has 0 bridgehead atoms. The summed E-state index contributed by atoms with van der Waals surface area (Å²) in [6.07, 6.45) is 0.268. The van der Waals surface area contributed by atoms with E-state index in [2.05, 4.69) is 10.3 Å². The van der Waals surface area contributed by atoms with Crippen LogP contribution in [0.1, 0.15) is 57.6 Å². The molecule has 3 atom stereocenters. The minimum absolute atomic E-state index is 0.131. The highest BCUT2D eigenvalue weighted by atomic mass is 16.6. The van der Waals surface area contributed by atoms with Crippen LogP contribution in [0.25, 0.3) is 0 Å². The molecule has 0 aliphatic rings. The number of amides is 1. The van der Waals surface area contributed by atoms with Crippen molar-refractivity contribution in [1.29, 1.82) is 0 Å². The van der Waals surface area contributed by atoms with Gasteiger partial charge in [0, 0.05) is 24.6 Å². The predicted octanol–water partition coefficient (Wildman–Crippen LogP) is 3.87. The molecule has 35 heavy (non-hydrogen) atoms. The van der Waals surface area contributed by atoms with Gasteiger partial charge in [0.2, 0.25) is 5.75 Å². The van der Waals surface area contributed by atoms with E-state index >= 15 is 0 Å². The van der Waals surface area contributed by atoms with E-state index in [4.69, 9.17) is 18.9 Å². The van der Waals surface area contributed by atoms with Gasteiger partial charge in [-0.3, -0.25) is 9.59 Å². The summed E-state index contributed by atoms with van der Waals surface area (Å²) >= 11 is 0. The minimum atomic E-state index is -1.01. The summed E-state index contributed by atoms with van der Waals surface area (Å²) in [6.45, 7) is 12.4. The van der Waals surface area contributed by atoms with Gasteiger partial charge in [-0.2, -0.15) is 0 Å². The first-order valence-corrected chi connectivity index (χ1v) is 11.3. The van der Waals surface area contributed by atoms with Gasteiger partial charge in [-0.05, 0) is 32.9 Å². The Labute approximate surface area is 206 Å². The molecule has 9 heteroatoms. The van der Waals surface area contributed by atoms with Gasteiger partial charge < -0.3 is 24.3 Å². The molecule has 0 spiro atoms. The van der Waals surface area contributed by atoms with Gasteiger partial charge in [-0.25, -0.2) is 9.78 Å². The Kier molecular flexibility index (Phi) is 9.22. The molecule has 2 aromatic rings. The van der Waals surface area contributed by atoms with Crippen LogP contribution in [-0.2, 0) is 14.3 Å². The van der Waals surface area contributed by atoms with Gasteiger partial charge in [0.15, 0.2) is 11.4 Å². The Bertz CT molecular complexity index is 1040. The molecule has 190 valence electrons. The Balaban J connectivity index is 2.12. The SMILES string of the molecule is COc1ccnc(C(=O)N[C@@H](C)C(=O)O[C@@H](C)[C@H](Oc2ccc(C)cc2)C(C)(C)C)c1OC(C)=O. The van der Waals surface area contributed by atoms with Crippen molar-refractivity contribution >= 4 is 17.8 Å². The molecule has 0 saturated carbocycles. The Morgan fingerprint density at radius 2 is 1.66 bits per heavy atom. The second-order valence-corrected chi connectivity index (χ2v) is 9.34. The molecular weight excluding hydrogens is 452 g/mol. The van der Waals surface area contributed by atoms with E-state index in [-0.39, 0.29) is 22.6 Å². The van der Waals surface area contributed by atoms with Crippen LogP contribution in [0.4, 0.5) is 0 Å². The van der Waals surface area contributed by atoms with E-state index in [0.29, 0.717) is 5.75 Å². The fraction of sp³-hybridized carbons (Fsp3) is 0.462. The van der Waals surface area contributed by atoms with E-state index in [1.165, 1.54) is 33.2 Å². The average Bonchev–Trinajstić information content (AvgIpc) is 2.77. The lowest BCUT2D eigenvalue weighted by Gasteiger charge is -2.35. The standard InChI is InChI=1S/C26H34N2O7/c1-15-9-11-19(12-10-15)35-23(26(5,6)7)17(3)33-25(31)16(2)28-24(30)21-22(34-18(4)29)20(32-8)13-14-27-21/h9-14,16-17,23H,1-8H3,(H,28,30)/t16-,17-,23-/m0/s1. The lowest BCUT2D eigenvalue weighted by molar-refractivity contribution is -0.158. The predicted molar refractivity (Wildman–Crippen MR) is 130 cm³/mol. The first kappa shape index (κ1) is 27.6. The van der Waals surface area contributed by atoms with Crippen molar-refractivity contribution in [2.24, 2.45) is 5.41 Å². The van der Waals surface area contributed by atoms with Crippen molar-refractivity contribution in [3.05, 3.63) is 47.8 Å². The van der Waals surface area contributed by atoms with Crippen LogP contribution in [0.3, 0.4) is 0 Å². The second kappa shape index (κ2) is 11.7. The van der Waals surface area contributed by atoms with Crippen molar-refractivity contribution in [3.63, 3.8) is 0 Å². The summed E-state index contributed by atoms with van der Waals surface area (Å²) in [5.74, 6) is -1.32. The summed E-state index contributed by atoms with van der Waals surface area (Å²) in [4.78, 5) is 41.1. The molecular formula is C26H34N2O7. The molecule has 1 aromatic heterocycles. The van der Waals surface area contributed by atoms with E-state index < -0.39 is 36.1 Å². The maximum Gasteiger partial charge on any atom is 0.328 e. The van der Waals surface area contributed by atoms with Crippen molar-refractivity contribution in [1.82, 2.24) is 10.3 Å². The van der Waals surface area contributed by atoms with Gasteiger partial charge in [0.1, 0.15) is 24.0 Å². The van der Waals surface area contributed by atoms with Gasteiger partial charge in [0.05, 0.1) is 7.11 Å². The maximum absolute atomic E-state index is 12.8. The second-order valence-electron chi connectivity index (χ2n) is 9.34. The van der Waals surface area contributed by atoms with Crippen molar-refractivity contribution in [2.75, 3.05) is 7.11 Å². The van der Waals surface area contributed by atoms with E-state index in [1.54, 1.807) is 6.92 Å². The van der Waals surface area contributed by atoms with Crippen LogP contribution in [0.5, 0.6) is 17.2 Å². The number of esters is 2. The fourth-order valence-electron chi connectivity index (χ4n) is 3.41. The maximum atomic E-state index is 12.8. The minimum Gasteiger partial charge on any atom is -0.493 e. The third-order valence-corrected chi connectivity index (χ3v) is 5.12. The number of aryl methyl sites for hydroxylation is 1. The topological polar surface area (TPSA) is 113 Å². The number of methoxy groups -OCH3 is 1. The number of rotatable bonds is 9. The lowest BCUT2D eigenvalue weighted by atomic mass is 9.86. The smallest absolute Gasteiger partial charge is 0.328 e. The number of nitrogens with one attached hydrogen (secondary N) is 1. The molecule has 0 unspecified atom stereocenters. The van der Waals surface area contributed by atoms with Crippen molar-refractivity contribution < 1.29 is 33.3 Å². The van der Waals surface area contributed by atoms with Gasteiger partial charge >= 0.3 is 11.9 Å². The summed E-state index contributed by atoms with van der Waals surface area (Å²) in [5.41, 5.74) is 0.569. The summed E-state index contributed by atoms with van der Waals surface area (Å²) < 4.78 is 22.1. The highest BCUT2D eigenvalue weighted by Crippen LogP contribution is 2.30. The van der Waals surface area contributed by atoms with Crippen LogP contribution >= 0.6 is 0 Å². The number of nitrogens with zero attached hydrogens (tertiary/aromatic N) is 1. The normalized spacial score (nSPS) is 13.7. The number of pyridine rings is 1. The molecule has 0 radical (unpaired) electrons. The molecule has 0 aliphatic heterocycles. The zero-order valence-electron chi connectivity index (χ0n) is 21.5. The Morgan fingerprint density at radius 1 is 1.03 bits per heavy atom. The monoisotopic (exact) mass is 486 g/mol. The number of hydrogen-bond donors (Lipinski definition) is 1. The number of carbonyl (C=O) groups excluding carboxylic acids is 3. The first-order valence-electron chi connectivity index (χ1n) is 11.3. The van der Waals surface area contributed by atoms with Crippen LogP contribution in [0.2, 0.25) is 0 Å². The third kappa shape index (κ3) is 7.70. The fourth-order valence-corrected chi connectivity index (χ4v) is 3.41. The van der Waals surface area contributed by atoms with E-state index in [9.17, 15) is 14.4 Å². The quantitative estimate of drug-likeness (QED) is 0.532. The molecule has 0 fully saturated rings. The number of benzene rings is 1. The van der Waals surface area contributed by atoms with Gasteiger partial charge in [-0.15, -0.1) is 0 Å². The zero-order chi connectivity index (χ0) is 26.3. The molecule has 1 heterocycles. The molecule has 9 nitrogen and oxygen atoms in total. The average molecular weight is 487 g/mol. The van der Waals surface area contributed by atoms with Crippen LogP contribution in [-0.4, -0.2) is 48.2 Å². The molecule has 1 N–H and O–H groups in total. The summed E-state index contributed by atoms with van der Waals surface area (Å²) in [7, 11) is 1.37. The van der Waals surface area contributed by atoms with E-state index in [0.717, 1.165) is 5.56 Å². The molecule has 0 saturated heterocycles. The van der Waals surface area contributed by atoms with Crippen LogP contribution in [0, 0.1) is 12.3 Å². The number of ether oxygens (including phenoxy) is 4. The van der Waals surface area contributed by atoms with E-state index in [1.807, 2.05) is 52.0 Å². The number of carbonyl (C=O) groups is 3. The van der Waals surface area contributed by atoms with Crippen LogP contribution in [0.15, 0.2) is 36.5 Å². The van der Waals surface area contributed by atoms with Gasteiger partial charge in [-0.1, -0.05) is 38.5 Å². The molecule has 0 aliphatic carbocycles. The summed E-state index contributed by atoms with van der Waals surface area (Å²) in [5, 5.41) is 2.54. The van der Waals surface area contributed by atoms with Gasteiger partial charge in [0.25, 0.3) is 5.91 Å². The van der Waals surface area contributed by atoms with Crippen molar-refractivity contribution in [3.8, 4) is 17.2 Å². The first-order chi connectivity index (χ1) is 16.3. The number of hydrogen-bond acceptors (Lipinski definition) is 8. The highest BCUT2D eigenvalue weighted by Gasteiger charge is 2.35. The molecule has 1 amide bonds. The van der Waals surface area contributed by atoms with Crippen LogP contribution < -0.4 is 19.5 Å². The highest BCUT2D eigenvalue weighted by molar-refractivity contribution is 5.98. The van der Waals surface area contributed by atoms with Crippen molar-refractivity contribution in [2.45, 2.75) is 66.7 Å². The molecule has 2 rings (SSSR count). The largest absolute Gasteiger partial charge is 0.493 e.